The molecule has 0 spiro atoms. The lowest BCUT2D eigenvalue weighted by atomic mass is 9.98. The first-order chi connectivity index (χ1) is 15.6. The van der Waals surface area contributed by atoms with E-state index < -0.39 is 5.60 Å². The van der Waals surface area contributed by atoms with Crippen LogP contribution in [0.3, 0.4) is 0 Å². The Kier molecular flexibility index (Phi) is 7.40. The van der Waals surface area contributed by atoms with Crippen LogP contribution in [-0.2, 0) is 4.74 Å². The Labute approximate surface area is 188 Å². The van der Waals surface area contributed by atoms with Gasteiger partial charge in [-0.05, 0) is 55.3 Å². The van der Waals surface area contributed by atoms with Gasteiger partial charge in [-0.2, -0.15) is 0 Å². The molecule has 2 fully saturated rings. The predicted molar refractivity (Wildman–Crippen MR) is 119 cm³/mol. The molecular formula is C24H34N2O6. The third-order valence-corrected chi connectivity index (χ3v) is 6.51. The molecule has 0 unspecified atom stereocenters. The lowest BCUT2D eigenvalue weighted by Crippen LogP contribution is -2.40. The van der Waals surface area contributed by atoms with Crippen LogP contribution in [0.2, 0.25) is 0 Å². The number of fused-ring (bicyclic) bond motifs is 1. The molecule has 1 aliphatic carbocycles. The highest BCUT2D eigenvalue weighted by atomic mass is 16.6. The van der Waals surface area contributed by atoms with Gasteiger partial charge in [-0.1, -0.05) is 32.3 Å². The number of nitrogens with zero attached hydrogens (tertiary/aromatic N) is 2. The second-order valence-corrected chi connectivity index (χ2v) is 9.05. The standard InChI is InChI=1S/C24H34N2O6/c1-2-3-15-29-23(27)26-13-9-18(10-14-26)16-30-22-21-19(7-6-8-20(21)32-25-22)31-17-24(28)11-4-5-12-24/h6-8,18,28H,2-5,9-17H2,1H3. The summed E-state index contributed by atoms with van der Waals surface area (Å²) in [6, 6.07) is 5.53. The fourth-order valence-corrected chi connectivity index (χ4v) is 4.42. The van der Waals surface area contributed by atoms with Crippen LogP contribution in [0.4, 0.5) is 4.79 Å². The normalized spacial score (nSPS) is 18.8. The fourth-order valence-electron chi connectivity index (χ4n) is 4.42. The van der Waals surface area contributed by atoms with Crippen molar-refractivity contribution in [1.82, 2.24) is 10.1 Å². The van der Waals surface area contributed by atoms with Gasteiger partial charge in [-0.15, -0.1) is 0 Å². The molecule has 2 heterocycles. The van der Waals surface area contributed by atoms with E-state index in [1.54, 1.807) is 4.90 Å². The predicted octanol–water partition coefficient (Wildman–Crippen LogP) is 4.54. The SMILES string of the molecule is CCCCOC(=O)N1CCC(COc2noc3cccc(OCC4(O)CCCC4)c23)CC1. The molecule has 176 valence electrons. The first-order valence-corrected chi connectivity index (χ1v) is 11.9. The Hall–Kier alpha value is -2.48. The Morgan fingerprint density at radius 2 is 2.03 bits per heavy atom. The van der Waals surface area contributed by atoms with Crippen LogP contribution in [-0.4, -0.2) is 59.8 Å². The molecular weight excluding hydrogens is 412 g/mol. The molecule has 8 nitrogen and oxygen atoms in total. The molecule has 0 bridgehead atoms. The van der Waals surface area contributed by atoms with Crippen molar-refractivity contribution in [2.24, 2.45) is 5.92 Å². The summed E-state index contributed by atoms with van der Waals surface area (Å²) in [7, 11) is 0. The molecule has 1 aromatic carbocycles. The van der Waals surface area contributed by atoms with Crippen molar-refractivity contribution in [2.45, 2.75) is 63.9 Å². The zero-order valence-corrected chi connectivity index (χ0v) is 18.9. The highest BCUT2D eigenvalue weighted by Crippen LogP contribution is 2.36. The van der Waals surface area contributed by atoms with E-state index in [-0.39, 0.29) is 12.7 Å². The van der Waals surface area contributed by atoms with E-state index in [2.05, 4.69) is 12.1 Å². The third-order valence-electron chi connectivity index (χ3n) is 6.51. The number of likely N-dealkylation sites (tertiary alicyclic amines) is 1. The Bertz CT molecular complexity index is 884. The summed E-state index contributed by atoms with van der Waals surface area (Å²) in [5, 5.41) is 15.4. The number of hydrogen-bond donors (Lipinski definition) is 1. The molecule has 1 amide bonds. The average molecular weight is 447 g/mol. The van der Waals surface area contributed by atoms with Gasteiger partial charge < -0.3 is 28.7 Å². The number of piperidine rings is 1. The maximum Gasteiger partial charge on any atom is 0.409 e. The van der Waals surface area contributed by atoms with Crippen LogP contribution in [0, 0.1) is 5.92 Å². The minimum absolute atomic E-state index is 0.217. The van der Waals surface area contributed by atoms with Crippen molar-refractivity contribution in [3.8, 4) is 11.6 Å². The number of hydrogen-bond acceptors (Lipinski definition) is 7. The van der Waals surface area contributed by atoms with Crippen LogP contribution >= 0.6 is 0 Å². The highest BCUT2D eigenvalue weighted by molar-refractivity contribution is 5.88. The summed E-state index contributed by atoms with van der Waals surface area (Å²) in [6.45, 7) is 4.66. The minimum atomic E-state index is -0.758. The maximum absolute atomic E-state index is 12.1. The highest BCUT2D eigenvalue weighted by Gasteiger charge is 2.32. The van der Waals surface area contributed by atoms with Gasteiger partial charge in [-0.25, -0.2) is 4.79 Å². The van der Waals surface area contributed by atoms with Crippen molar-refractivity contribution in [3.05, 3.63) is 18.2 Å². The van der Waals surface area contributed by atoms with Gasteiger partial charge >= 0.3 is 6.09 Å². The van der Waals surface area contributed by atoms with Gasteiger partial charge in [0.15, 0.2) is 5.58 Å². The number of ether oxygens (including phenoxy) is 3. The van der Waals surface area contributed by atoms with Gasteiger partial charge in [-0.3, -0.25) is 0 Å². The molecule has 4 rings (SSSR count). The van der Waals surface area contributed by atoms with E-state index in [0.717, 1.165) is 51.4 Å². The summed E-state index contributed by atoms with van der Waals surface area (Å²) in [5.74, 6) is 1.35. The van der Waals surface area contributed by atoms with E-state index in [1.807, 2.05) is 18.2 Å². The molecule has 0 atom stereocenters. The van der Waals surface area contributed by atoms with Crippen LogP contribution in [0.5, 0.6) is 11.6 Å². The van der Waals surface area contributed by atoms with Crippen molar-refractivity contribution < 1.29 is 28.6 Å². The fraction of sp³-hybridized carbons (Fsp3) is 0.667. The Morgan fingerprint density at radius 3 is 2.78 bits per heavy atom. The van der Waals surface area contributed by atoms with Crippen molar-refractivity contribution in [2.75, 3.05) is 32.9 Å². The molecule has 1 aliphatic heterocycles. The average Bonchev–Trinajstić information content (AvgIpc) is 3.44. The number of aromatic nitrogens is 1. The molecule has 32 heavy (non-hydrogen) atoms. The van der Waals surface area contributed by atoms with Crippen LogP contribution in [0.15, 0.2) is 22.7 Å². The lowest BCUT2D eigenvalue weighted by molar-refractivity contribution is 0.00183. The smallest absolute Gasteiger partial charge is 0.409 e. The number of carbonyl (C=O) groups excluding carboxylic acids is 1. The summed E-state index contributed by atoms with van der Waals surface area (Å²) < 4.78 is 22.8. The van der Waals surface area contributed by atoms with Crippen molar-refractivity contribution >= 4 is 17.1 Å². The van der Waals surface area contributed by atoms with Gasteiger partial charge in [0.1, 0.15) is 17.7 Å². The van der Waals surface area contributed by atoms with Gasteiger partial charge in [0.2, 0.25) is 0 Å². The van der Waals surface area contributed by atoms with Crippen LogP contribution in [0.25, 0.3) is 11.0 Å². The third kappa shape index (κ3) is 5.46. The molecule has 2 aliphatic rings. The number of aliphatic hydroxyl groups is 1. The lowest BCUT2D eigenvalue weighted by Gasteiger charge is -2.31. The first-order valence-electron chi connectivity index (χ1n) is 11.9. The molecule has 0 radical (unpaired) electrons. The number of benzene rings is 1. The number of unbranched alkanes of at least 4 members (excludes halogenated alkanes) is 1. The van der Waals surface area contributed by atoms with E-state index >= 15 is 0 Å². The van der Waals surface area contributed by atoms with Gasteiger partial charge in [0, 0.05) is 13.1 Å². The summed E-state index contributed by atoms with van der Waals surface area (Å²) in [6.07, 6.45) is 6.99. The summed E-state index contributed by atoms with van der Waals surface area (Å²) in [5.41, 5.74) is -0.160. The van der Waals surface area contributed by atoms with Gasteiger partial charge in [0.25, 0.3) is 5.88 Å². The summed E-state index contributed by atoms with van der Waals surface area (Å²) >= 11 is 0. The van der Waals surface area contributed by atoms with Crippen LogP contribution < -0.4 is 9.47 Å². The van der Waals surface area contributed by atoms with Crippen molar-refractivity contribution in [3.63, 3.8) is 0 Å². The van der Waals surface area contributed by atoms with E-state index in [0.29, 0.717) is 54.8 Å². The van der Waals surface area contributed by atoms with E-state index in [4.69, 9.17) is 18.7 Å². The van der Waals surface area contributed by atoms with Gasteiger partial charge in [0.05, 0.1) is 18.8 Å². The summed E-state index contributed by atoms with van der Waals surface area (Å²) in [4.78, 5) is 13.9. The number of rotatable bonds is 9. The molecule has 1 aromatic heterocycles. The zero-order valence-electron chi connectivity index (χ0n) is 18.9. The number of carbonyl (C=O) groups is 1. The van der Waals surface area contributed by atoms with E-state index in [9.17, 15) is 9.90 Å². The van der Waals surface area contributed by atoms with E-state index in [1.165, 1.54) is 0 Å². The molecule has 1 saturated heterocycles. The first kappa shape index (κ1) is 22.7. The second kappa shape index (κ2) is 10.4. The van der Waals surface area contributed by atoms with Crippen LogP contribution in [0.1, 0.15) is 58.3 Å². The number of amides is 1. The largest absolute Gasteiger partial charge is 0.490 e. The Morgan fingerprint density at radius 1 is 1.25 bits per heavy atom. The molecule has 1 N–H and O–H groups in total. The minimum Gasteiger partial charge on any atom is -0.490 e. The topological polar surface area (TPSA) is 94.3 Å². The van der Waals surface area contributed by atoms with Crippen molar-refractivity contribution in [1.29, 1.82) is 0 Å². The molecule has 8 heteroatoms. The molecule has 1 saturated carbocycles. The second-order valence-electron chi connectivity index (χ2n) is 9.05. The molecule has 2 aromatic rings. The quantitative estimate of drug-likeness (QED) is 0.565. The monoisotopic (exact) mass is 446 g/mol. The zero-order chi connectivity index (χ0) is 22.4. The maximum atomic E-state index is 12.1. The Balaban J connectivity index is 1.31.